The van der Waals surface area contributed by atoms with Crippen molar-refractivity contribution in [2.24, 2.45) is 0 Å². The molecule has 12 nitrogen and oxygen atoms in total. The van der Waals surface area contributed by atoms with Gasteiger partial charge in [0.2, 0.25) is 5.95 Å². The normalized spacial score (nSPS) is 17.8. The number of hydrogen-bond acceptors (Lipinski definition) is 10. The van der Waals surface area contributed by atoms with Gasteiger partial charge in [-0.05, 0) is 36.2 Å². The van der Waals surface area contributed by atoms with E-state index < -0.39 is 11.3 Å². The topological polar surface area (TPSA) is 115 Å². The summed E-state index contributed by atoms with van der Waals surface area (Å²) >= 11 is 0. The average Bonchev–Trinajstić information content (AvgIpc) is 3.33. The van der Waals surface area contributed by atoms with Crippen LogP contribution < -0.4 is 19.3 Å². The second-order valence-corrected chi connectivity index (χ2v) is 9.08. The van der Waals surface area contributed by atoms with Crippen LogP contribution in [0.4, 0.5) is 30.6 Å². The van der Waals surface area contributed by atoms with Gasteiger partial charge in [-0.3, -0.25) is 9.47 Å². The van der Waals surface area contributed by atoms with E-state index in [1.807, 2.05) is 7.05 Å². The summed E-state index contributed by atoms with van der Waals surface area (Å²) in [6, 6.07) is 6.10. The van der Waals surface area contributed by atoms with E-state index in [2.05, 4.69) is 34.4 Å². The number of halogens is 3. The number of benzene rings is 1. The molecule has 0 amide bonds. The Morgan fingerprint density at radius 3 is 2.42 bits per heavy atom. The molecule has 15 heteroatoms. The van der Waals surface area contributed by atoms with Crippen LogP contribution in [-0.2, 0) is 13.1 Å². The first-order valence-corrected chi connectivity index (χ1v) is 11.9. The van der Waals surface area contributed by atoms with E-state index in [9.17, 15) is 23.3 Å². The largest absolute Gasteiger partial charge is 0.573 e. The lowest BCUT2D eigenvalue weighted by atomic mass is 10.2. The first-order valence-electron chi connectivity index (χ1n) is 11.9. The Kier molecular flexibility index (Phi) is 6.93. The highest BCUT2D eigenvalue weighted by Gasteiger charge is 2.31. The van der Waals surface area contributed by atoms with Crippen LogP contribution in [0.2, 0.25) is 0 Å². The molecule has 1 fully saturated rings. The SMILES string of the molecule is CN(Cc1cnc(N2CCN(c3ccc(OC(F)(F)F)cc3)CC2)nc1)C1COc2nc([N+](=O)[O-])cn2C1. The van der Waals surface area contributed by atoms with Gasteiger partial charge in [-0.15, -0.1) is 13.2 Å². The minimum absolute atomic E-state index is 0.00171. The van der Waals surface area contributed by atoms with Crippen LogP contribution in [0.3, 0.4) is 0 Å². The highest BCUT2D eigenvalue weighted by atomic mass is 19.4. The summed E-state index contributed by atoms with van der Waals surface area (Å²) in [7, 11) is 1.94. The predicted molar refractivity (Wildman–Crippen MR) is 129 cm³/mol. The minimum atomic E-state index is -4.71. The van der Waals surface area contributed by atoms with Crippen LogP contribution in [-0.4, -0.2) is 81.6 Å². The van der Waals surface area contributed by atoms with E-state index >= 15 is 0 Å². The maximum absolute atomic E-state index is 12.4. The van der Waals surface area contributed by atoms with Gasteiger partial charge in [-0.1, -0.05) is 0 Å². The molecule has 0 aliphatic carbocycles. The number of nitrogens with zero attached hydrogens (tertiary/aromatic N) is 8. The van der Waals surface area contributed by atoms with Crippen LogP contribution >= 0.6 is 0 Å². The molecule has 4 heterocycles. The minimum Gasteiger partial charge on any atom is -0.444 e. The smallest absolute Gasteiger partial charge is 0.444 e. The van der Waals surface area contributed by atoms with Crippen molar-refractivity contribution in [1.82, 2.24) is 24.4 Å². The molecule has 0 bridgehead atoms. The highest BCUT2D eigenvalue weighted by Crippen LogP contribution is 2.27. The zero-order chi connectivity index (χ0) is 26.9. The van der Waals surface area contributed by atoms with Crippen molar-refractivity contribution in [2.75, 3.05) is 49.6 Å². The molecule has 1 atom stereocenters. The molecule has 2 aromatic heterocycles. The van der Waals surface area contributed by atoms with Crippen molar-refractivity contribution in [3.63, 3.8) is 0 Å². The number of fused-ring (bicyclic) bond motifs is 1. The molecule has 0 N–H and O–H groups in total. The first kappa shape index (κ1) is 25.5. The van der Waals surface area contributed by atoms with E-state index in [1.54, 1.807) is 29.1 Å². The molecule has 3 aromatic rings. The van der Waals surface area contributed by atoms with Crippen LogP contribution in [0.15, 0.2) is 42.9 Å². The number of alkyl halides is 3. The first-order chi connectivity index (χ1) is 18.1. The molecular weight excluding hydrogens is 509 g/mol. The monoisotopic (exact) mass is 534 g/mol. The molecule has 1 saturated heterocycles. The molecule has 0 radical (unpaired) electrons. The molecule has 2 aliphatic heterocycles. The predicted octanol–water partition coefficient (Wildman–Crippen LogP) is 2.70. The Labute approximate surface area is 215 Å². The Hall–Kier alpha value is -4.14. The van der Waals surface area contributed by atoms with Crippen molar-refractivity contribution in [1.29, 1.82) is 0 Å². The number of aromatic nitrogens is 4. The maximum Gasteiger partial charge on any atom is 0.573 e. The molecular formula is C23H25F3N8O4. The fourth-order valence-corrected chi connectivity index (χ4v) is 4.47. The van der Waals surface area contributed by atoms with Crippen molar-refractivity contribution in [2.45, 2.75) is 25.5 Å². The van der Waals surface area contributed by atoms with Gasteiger partial charge in [-0.25, -0.2) is 9.97 Å². The lowest BCUT2D eigenvalue weighted by Crippen LogP contribution is -2.47. The summed E-state index contributed by atoms with van der Waals surface area (Å²) in [6.07, 6.45) is 0.228. The van der Waals surface area contributed by atoms with Gasteiger partial charge in [0.1, 0.15) is 18.6 Å². The second-order valence-electron chi connectivity index (χ2n) is 9.08. The Morgan fingerprint density at radius 2 is 1.79 bits per heavy atom. The van der Waals surface area contributed by atoms with Gasteiger partial charge in [0.25, 0.3) is 0 Å². The van der Waals surface area contributed by atoms with Crippen molar-refractivity contribution in [3.05, 3.63) is 58.5 Å². The fourth-order valence-electron chi connectivity index (χ4n) is 4.47. The Morgan fingerprint density at radius 1 is 1.13 bits per heavy atom. The lowest BCUT2D eigenvalue weighted by molar-refractivity contribution is -0.389. The van der Waals surface area contributed by atoms with E-state index in [1.165, 1.54) is 18.3 Å². The molecule has 1 unspecified atom stereocenters. The Balaban J connectivity index is 1.12. The number of rotatable bonds is 7. The molecule has 0 spiro atoms. The third-order valence-corrected chi connectivity index (χ3v) is 6.47. The molecule has 2 aliphatic rings. The van der Waals surface area contributed by atoms with Gasteiger partial charge < -0.3 is 29.4 Å². The number of piperazine rings is 1. The average molecular weight is 534 g/mol. The molecule has 38 heavy (non-hydrogen) atoms. The van der Waals surface area contributed by atoms with E-state index in [-0.39, 0.29) is 23.6 Å². The number of anilines is 2. The van der Waals surface area contributed by atoms with Crippen LogP contribution in [0, 0.1) is 10.1 Å². The zero-order valence-corrected chi connectivity index (χ0v) is 20.4. The van der Waals surface area contributed by atoms with Crippen molar-refractivity contribution in [3.8, 4) is 11.8 Å². The van der Waals surface area contributed by atoms with Gasteiger partial charge in [0.05, 0.1) is 6.04 Å². The van der Waals surface area contributed by atoms with E-state index in [0.29, 0.717) is 51.8 Å². The van der Waals surface area contributed by atoms with Crippen LogP contribution in [0.5, 0.6) is 11.8 Å². The molecule has 5 rings (SSSR count). The van der Waals surface area contributed by atoms with Crippen LogP contribution in [0.1, 0.15) is 5.56 Å². The molecule has 1 aromatic carbocycles. The van der Waals surface area contributed by atoms with Gasteiger partial charge in [0, 0.05) is 67.9 Å². The lowest BCUT2D eigenvalue weighted by Gasteiger charge is -2.36. The summed E-state index contributed by atoms with van der Waals surface area (Å²) < 4.78 is 48.3. The van der Waals surface area contributed by atoms with Crippen LogP contribution in [0.25, 0.3) is 0 Å². The fraction of sp³-hybridized carbons (Fsp3) is 0.435. The molecule has 202 valence electrons. The maximum atomic E-state index is 12.4. The zero-order valence-electron chi connectivity index (χ0n) is 20.4. The molecule has 0 saturated carbocycles. The highest BCUT2D eigenvalue weighted by molar-refractivity contribution is 5.50. The number of ether oxygens (including phenoxy) is 2. The quantitative estimate of drug-likeness (QED) is 0.331. The number of likely N-dealkylation sites (N-methyl/N-ethyl adjacent to an activating group) is 1. The third kappa shape index (κ3) is 5.88. The second kappa shape index (κ2) is 10.3. The summed E-state index contributed by atoms with van der Waals surface area (Å²) in [5.41, 5.74) is 1.74. The number of imidazole rings is 1. The number of nitro groups is 1. The van der Waals surface area contributed by atoms with E-state index in [0.717, 1.165) is 11.3 Å². The van der Waals surface area contributed by atoms with Gasteiger partial charge >= 0.3 is 18.2 Å². The summed E-state index contributed by atoms with van der Waals surface area (Å²) in [5, 5.41) is 11.0. The van der Waals surface area contributed by atoms with Crippen molar-refractivity contribution < 1.29 is 27.6 Å². The third-order valence-electron chi connectivity index (χ3n) is 6.47. The van der Waals surface area contributed by atoms with Crippen molar-refractivity contribution >= 4 is 17.5 Å². The standard InChI is InChI=1S/C23H25F3N8O4/c1-30(18-13-33-14-20(34(35)36)29-22(33)37-15-18)12-16-10-27-21(28-11-16)32-8-6-31(7-9-32)17-2-4-19(5-3-17)38-23(24,25)26/h2-5,10-11,14,18H,6-9,12-13,15H2,1H3. The Bertz CT molecular complexity index is 1260. The van der Waals surface area contributed by atoms with E-state index in [4.69, 9.17) is 4.74 Å². The van der Waals surface area contributed by atoms with Gasteiger partial charge in [0.15, 0.2) is 0 Å². The summed E-state index contributed by atoms with van der Waals surface area (Å²) in [5.74, 6) is 0.133. The number of hydrogen-bond donors (Lipinski definition) is 0. The van der Waals surface area contributed by atoms with Gasteiger partial charge in [-0.2, -0.15) is 0 Å². The summed E-state index contributed by atoms with van der Waals surface area (Å²) in [4.78, 5) is 29.6. The summed E-state index contributed by atoms with van der Waals surface area (Å²) in [6.45, 7) is 4.13.